The zero-order valence-electron chi connectivity index (χ0n) is 8.21. The Morgan fingerprint density at radius 2 is 0.938 bits per heavy atom. The van der Waals surface area contributed by atoms with Crippen LogP contribution in [0.2, 0.25) is 0 Å². The molecule has 4 N–H and O–H groups in total. The quantitative estimate of drug-likeness (QED) is 0.234. The molecule has 0 unspecified atom stereocenters. The molecule has 0 aromatic carbocycles. The minimum absolute atomic E-state index is 0. The number of rotatable bonds is 2. The van der Waals surface area contributed by atoms with Crippen LogP contribution in [0.5, 0.6) is 0 Å². The largest absolute Gasteiger partial charge is 0.358 e. The van der Waals surface area contributed by atoms with Gasteiger partial charge in [-0.05, 0) is 0 Å². The van der Waals surface area contributed by atoms with Gasteiger partial charge in [0.15, 0.2) is 15.2 Å². The SMILES string of the molecule is C[C-](P(=O)(O)O)P(=O)(O)O.[CH3-].[W].[W].[W].[W].[Y]. The molecule has 1 radical (unpaired) electrons. The summed E-state index contributed by atoms with van der Waals surface area (Å²) in [4.78, 5) is 32.8. The van der Waals surface area contributed by atoms with Crippen molar-refractivity contribution in [2.75, 3.05) is 0 Å². The summed E-state index contributed by atoms with van der Waals surface area (Å²) >= 11 is 0. The summed E-state index contributed by atoms with van der Waals surface area (Å²) in [6.45, 7) is 0.724. The topological polar surface area (TPSA) is 115 Å². The summed E-state index contributed by atoms with van der Waals surface area (Å²) in [5, 5.41) is -1.10. The van der Waals surface area contributed by atoms with Gasteiger partial charge < -0.3 is 27.0 Å². The maximum atomic E-state index is 10.1. The van der Waals surface area contributed by atoms with Crippen molar-refractivity contribution in [2.24, 2.45) is 0 Å². The van der Waals surface area contributed by atoms with Gasteiger partial charge in [0.2, 0.25) is 0 Å². The second kappa shape index (κ2) is 17.2. The molecule has 0 bridgehead atoms. The first kappa shape index (κ1) is 42.7. The Morgan fingerprint density at radius 1 is 0.812 bits per heavy atom. The summed E-state index contributed by atoms with van der Waals surface area (Å²) < 4.78 is 20.3. The zero-order chi connectivity index (χ0) is 8.58. The summed E-state index contributed by atoms with van der Waals surface area (Å²) in [6.07, 6.45) is 0. The van der Waals surface area contributed by atoms with Crippen LogP contribution in [0.1, 0.15) is 6.92 Å². The van der Waals surface area contributed by atoms with E-state index in [1.54, 1.807) is 0 Å². The van der Waals surface area contributed by atoms with Crippen LogP contribution in [-0.2, 0) is 126 Å². The molecule has 13 heteroatoms. The maximum absolute atomic E-state index is 10.1. The van der Waals surface area contributed by atoms with E-state index in [9.17, 15) is 9.13 Å². The Kier molecular flexibility index (Phi) is 46.0. The van der Waals surface area contributed by atoms with E-state index in [4.69, 9.17) is 19.6 Å². The Morgan fingerprint density at radius 3 is 0.938 bits per heavy atom. The van der Waals surface area contributed by atoms with Crippen molar-refractivity contribution in [3.63, 3.8) is 0 Å². The van der Waals surface area contributed by atoms with Gasteiger partial charge in [0.25, 0.3) is 0 Å². The maximum Gasteiger partial charge on any atom is 0.196 e. The van der Waals surface area contributed by atoms with Gasteiger partial charge in [-0.2, -0.15) is 6.92 Å². The molecule has 6 nitrogen and oxygen atoms in total. The minimum atomic E-state index is -4.72. The van der Waals surface area contributed by atoms with E-state index in [1.165, 1.54) is 0 Å². The predicted molar refractivity (Wildman–Crippen MR) is 39.4 cm³/mol. The van der Waals surface area contributed by atoms with E-state index in [2.05, 4.69) is 0 Å². The average molecular weight is 1030 g/mol. The molecule has 0 rings (SSSR count). The van der Waals surface area contributed by atoms with Crippen LogP contribution >= 0.6 is 15.2 Å². The molecule has 0 spiro atoms. The van der Waals surface area contributed by atoms with Crippen LogP contribution < -0.4 is 0 Å². The van der Waals surface area contributed by atoms with Crippen LogP contribution in [-0.4, -0.2) is 19.6 Å². The van der Waals surface area contributed by atoms with E-state index in [1.807, 2.05) is 0 Å². The van der Waals surface area contributed by atoms with Crippen LogP contribution in [0.25, 0.3) is 0 Å². The molecule has 0 atom stereocenters. The summed E-state index contributed by atoms with van der Waals surface area (Å²) in [5.41, 5.74) is 0. The van der Waals surface area contributed by atoms with Crippen LogP contribution in [0.4, 0.5) is 0 Å². The first-order valence-electron chi connectivity index (χ1n) is 2.11. The molecule has 97 valence electrons. The Balaban J connectivity index is -0.0000000270. The molecule has 0 heterocycles. The van der Waals surface area contributed by atoms with Crippen molar-refractivity contribution in [1.29, 1.82) is 0 Å². The zero-order valence-corrected chi connectivity index (χ0v) is 24.6. The summed E-state index contributed by atoms with van der Waals surface area (Å²) in [6, 6.07) is 0. The molecule has 0 amide bonds. The van der Waals surface area contributed by atoms with E-state index in [0.29, 0.717) is 0 Å². The van der Waals surface area contributed by atoms with E-state index < -0.39 is 20.6 Å². The van der Waals surface area contributed by atoms with Gasteiger partial charge in [-0.3, -0.25) is 9.13 Å². The molecule has 0 aliphatic carbocycles. The van der Waals surface area contributed by atoms with E-state index >= 15 is 0 Å². The van der Waals surface area contributed by atoms with Crippen molar-refractivity contribution >= 4 is 15.2 Å². The first-order chi connectivity index (χ1) is 4.15. The smallest absolute Gasteiger partial charge is 0.196 e. The van der Waals surface area contributed by atoms with Crippen molar-refractivity contribution in [1.82, 2.24) is 0 Å². The third-order valence-electron chi connectivity index (χ3n) is 0.843. The fraction of sp³-hybridized carbons (Fsp3) is 0.333. The monoisotopic (exact) mass is 1030 g/mol. The van der Waals surface area contributed by atoms with Gasteiger partial charge in [0.1, 0.15) is 0 Å². The average Bonchev–Trinajstić information content (AvgIpc) is 1.59. The predicted octanol–water partition coefficient (Wildman–Crippen LogP) is 0.289. The second-order valence-corrected chi connectivity index (χ2v) is 5.51. The van der Waals surface area contributed by atoms with Crippen molar-refractivity contribution in [2.45, 2.75) is 6.92 Å². The summed E-state index contributed by atoms with van der Waals surface area (Å²) in [7, 11) is -9.45. The van der Waals surface area contributed by atoms with Gasteiger partial charge in [0, 0.05) is 117 Å². The number of hydrogen-bond acceptors (Lipinski definition) is 2. The fourth-order valence-electron chi connectivity index (χ4n) is 0.170. The molecular weight excluding hydrogens is 1020 g/mol. The van der Waals surface area contributed by atoms with Crippen molar-refractivity contribution in [3.8, 4) is 0 Å². The van der Waals surface area contributed by atoms with Gasteiger partial charge in [0.05, 0.1) is 0 Å². The van der Waals surface area contributed by atoms with E-state index in [-0.39, 0.29) is 124 Å². The van der Waals surface area contributed by atoms with Crippen molar-refractivity contribution < 1.29 is 146 Å². The second-order valence-electron chi connectivity index (χ2n) is 1.64. The van der Waals surface area contributed by atoms with Crippen LogP contribution in [0, 0.1) is 12.8 Å². The van der Waals surface area contributed by atoms with Crippen molar-refractivity contribution in [3.05, 3.63) is 12.8 Å². The number of hydrogen-bond donors (Lipinski definition) is 4. The molecule has 0 saturated carbocycles. The molecule has 0 aromatic rings. The van der Waals surface area contributed by atoms with Gasteiger partial charge in [-0.25, -0.2) is 0 Å². The molecular formula is C3H10O6P2W4Y-2. The van der Waals surface area contributed by atoms with Gasteiger partial charge in [-0.1, -0.05) is 5.40 Å². The Hall–Kier alpha value is 4.16. The molecule has 0 aliphatic heterocycles. The Labute approximate surface area is 178 Å². The standard InChI is InChI=1S/C2H7O6P2.CH3.4W.Y/c1-2(9(3,4)5)10(6,7)8;;;;;;/h1H3,(H2,3,4,5)(H2,6,7,8);1H3;;;;;/q2*-1;;;;;. The van der Waals surface area contributed by atoms with E-state index in [0.717, 1.165) is 6.92 Å². The van der Waals surface area contributed by atoms with Gasteiger partial charge in [-0.15, -0.1) is 0 Å². The molecule has 0 saturated heterocycles. The normalized spacial score (nSPS) is 8.88. The molecule has 0 aliphatic rings. The molecule has 16 heavy (non-hydrogen) atoms. The van der Waals surface area contributed by atoms with Crippen LogP contribution in [0.3, 0.4) is 0 Å². The fourth-order valence-corrected chi connectivity index (χ4v) is 1.53. The van der Waals surface area contributed by atoms with Gasteiger partial charge >= 0.3 is 0 Å². The van der Waals surface area contributed by atoms with Crippen LogP contribution in [0.15, 0.2) is 0 Å². The minimum Gasteiger partial charge on any atom is -0.358 e. The molecule has 0 fully saturated rings. The molecule has 0 aromatic heterocycles. The third-order valence-corrected chi connectivity index (χ3v) is 4.09. The first-order valence-corrected chi connectivity index (χ1v) is 5.34. The third kappa shape index (κ3) is 20.5. The summed E-state index contributed by atoms with van der Waals surface area (Å²) in [5.74, 6) is 0. The Bertz CT molecular complexity index is 196.